The van der Waals surface area contributed by atoms with E-state index in [1.54, 1.807) is 25.0 Å². The molecule has 0 fully saturated rings. The molecule has 3 aromatic rings. The van der Waals surface area contributed by atoms with Crippen LogP contribution in [0.4, 0.5) is 5.69 Å². The molecule has 0 saturated heterocycles. The molecule has 3 aromatic carbocycles. The van der Waals surface area contributed by atoms with Gasteiger partial charge in [-0.2, -0.15) is 0 Å². The molecular formula is C25H21NO4. The van der Waals surface area contributed by atoms with Crippen molar-refractivity contribution in [3.8, 4) is 5.75 Å². The number of hydrogen-bond donors (Lipinski definition) is 0. The normalized spacial score (nSPS) is 15.2. The first-order valence-electron chi connectivity index (χ1n) is 9.52. The molecule has 1 heterocycles. The Bertz CT molecular complexity index is 1220. The molecular weight excluding hydrogens is 378 g/mol. The standard InChI is InChI=1S/C25H21NO4/c1-16-23(25(28)30-3)21(15-17-8-6-11-19(14-17)29-2)24(27)26(16)22-13-7-10-18-9-4-5-12-20(18)22/h4-15H,1-3H3. The number of nitrogens with zero attached hydrogens (tertiary/aromatic N) is 1. The summed E-state index contributed by atoms with van der Waals surface area (Å²) in [6.45, 7) is 1.76. The highest BCUT2D eigenvalue weighted by atomic mass is 16.5. The van der Waals surface area contributed by atoms with Crippen molar-refractivity contribution in [1.29, 1.82) is 0 Å². The minimum absolute atomic E-state index is 0.262. The molecule has 4 rings (SSSR count). The molecule has 0 aromatic heterocycles. The summed E-state index contributed by atoms with van der Waals surface area (Å²) in [5.74, 6) is -0.147. The van der Waals surface area contributed by atoms with Crippen molar-refractivity contribution in [2.45, 2.75) is 6.92 Å². The van der Waals surface area contributed by atoms with Crippen LogP contribution in [0.3, 0.4) is 0 Å². The zero-order valence-electron chi connectivity index (χ0n) is 17.0. The molecule has 30 heavy (non-hydrogen) atoms. The number of amides is 1. The number of anilines is 1. The number of hydrogen-bond acceptors (Lipinski definition) is 4. The number of ether oxygens (including phenoxy) is 2. The van der Waals surface area contributed by atoms with E-state index < -0.39 is 5.97 Å². The third kappa shape index (κ3) is 3.24. The molecule has 1 aliphatic heterocycles. The van der Waals surface area contributed by atoms with Gasteiger partial charge in [0.25, 0.3) is 5.91 Å². The number of allylic oxidation sites excluding steroid dienone is 1. The van der Waals surface area contributed by atoms with Crippen LogP contribution in [-0.2, 0) is 14.3 Å². The molecule has 0 atom stereocenters. The van der Waals surface area contributed by atoms with Crippen LogP contribution in [0, 0.1) is 0 Å². The second kappa shape index (κ2) is 7.87. The monoisotopic (exact) mass is 399 g/mol. The number of fused-ring (bicyclic) bond motifs is 1. The van der Waals surface area contributed by atoms with E-state index >= 15 is 0 Å². The maximum Gasteiger partial charge on any atom is 0.340 e. The number of benzene rings is 3. The minimum atomic E-state index is -0.544. The molecule has 0 N–H and O–H groups in total. The van der Waals surface area contributed by atoms with Crippen molar-refractivity contribution in [2.75, 3.05) is 19.1 Å². The van der Waals surface area contributed by atoms with E-state index in [2.05, 4.69) is 0 Å². The molecule has 150 valence electrons. The summed E-state index contributed by atoms with van der Waals surface area (Å²) in [5.41, 5.74) is 2.58. The van der Waals surface area contributed by atoms with Gasteiger partial charge in [0.2, 0.25) is 0 Å². The smallest absolute Gasteiger partial charge is 0.340 e. The van der Waals surface area contributed by atoms with Crippen molar-refractivity contribution < 1.29 is 19.1 Å². The number of rotatable bonds is 4. The fourth-order valence-electron chi connectivity index (χ4n) is 3.77. The van der Waals surface area contributed by atoms with Gasteiger partial charge in [-0.15, -0.1) is 0 Å². The number of methoxy groups -OCH3 is 2. The largest absolute Gasteiger partial charge is 0.497 e. The average Bonchev–Trinajstić information content (AvgIpc) is 3.02. The maximum atomic E-state index is 13.5. The molecule has 0 bridgehead atoms. The second-order valence-corrected chi connectivity index (χ2v) is 6.93. The molecule has 1 aliphatic rings. The van der Waals surface area contributed by atoms with Crippen LogP contribution in [0.5, 0.6) is 5.75 Å². The average molecular weight is 399 g/mol. The summed E-state index contributed by atoms with van der Waals surface area (Å²) in [4.78, 5) is 27.7. The highest BCUT2D eigenvalue weighted by Gasteiger charge is 2.38. The van der Waals surface area contributed by atoms with E-state index in [-0.39, 0.29) is 11.5 Å². The Hall–Kier alpha value is -3.86. The lowest BCUT2D eigenvalue weighted by molar-refractivity contribution is -0.136. The van der Waals surface area contributed by atoms with Gasteiger partial charge in [0.05, 0.1) is 31.1 Å². The lowest BCUT2D eigenvalue weighted by atomic mass is 10.0. The molecule has 5 heteroatoms. The van der Waals surface area contributed by atoms with Crippen LogP contribution in [0.15, 0.2) is 83.6 Å². The lowest BCUT2D eigenvalue weighted by Crippen LogP contribution is -2.24. The zero-order valence-corrected chi connectivity index (χ0v) is 17.0. The molecule has 0 aliphatic carbocycles. The van der Waals surface area contributed by atoms with Gasteiger partial charge in [-0.3, -0.25) is 9.69 Å². The molecule has 0 spiro atoms. The van der Waals surface area contributed by atoms with Gasteiger partial charge in [-0.25, -0.2) is 4.79 Å². The van der Waals surface area contributed by atoms with Crippen LogP contribution in [0.2, 0.25) is 0 Å². The van der Waals surface area contributed by atoms with E-state index in [0.717, 1.165) is 22.0 Å². The second-order valence-electron chi connectivity index (χ2n) is 6.93. The summed E-state index contributed by atoms with van der Waals surface area (Å²) in [5, 5.41) is 1.94. The molecule has 0 saturated carbocycles. The van der Waals surface area contributed by atoms with Gasteiger partial charge in [-0.1, -0.05) is 48.5 Å². The summed E-state index contributed by atoms with van der Waals surface area (Å²) in [6.07, 6.45) is 1.70. The van der Waals surface area contributed by atoms with Gasteiger partial charge >= 0.3 is 5.97 Å². The van der Waals surface area contributed by atoms with Gasteiger partial charge in [0.15, 0.2) is 0 Å². The maximum absolute atomic E-state index is 13.5. The number of carbonyl (C=O) groups is 2. The van der Waals surface area contributed by atoms with Crippen molar-refractivity contribution in [3.63, 3.8) is 0 Å². The lowest BCUT2D eigenvalue weighted by Gasteiger charge is -2.20. The van der Waals surface area contributed by atoms with E-state index in [1.165, 1.54) is 7.11 Å². The van der Waals surface area contributed by atoms with E-state index in [9.17, 15) is 9.59 Å². The third-order valence-corrected chi connectivity index (χ3v) is 5.20. The van der Waals surface area contributed by atoms with Crippen molar-refractivity contribution in [3.05, 3.63) is 89.1 Å². The first-order chi connectivity index (χ1) is 14.5. The summed E-state index contributed by atoms with van der Waals surface area (Å²) < 4.78 is 10.3. The van der Waals surface area contributed by atoms with Crippen molar-refractivity contribution in [2.24, 2.45) is 0 Å². The SMILES string of the molecule is COC(=O)C1=C(C)N(c2cccc3ccccc23)C(=O)C1=Cc1cccc(OC)c1. The Morgan fingerprint density at radius 1 is 0.967 bits per heavy atom. The van der Waals surface area contributed by atoms with Gasteiger partial charge in [0.1, 0.15) is 5.75 Å². The molecule has 0 radical (unpaired) electrons. The van der Waals surface area contributed by atoms with Crippen LogP contribution in [0.25, 0.3) is 16.8 Å². The van der Waals surface area contributed by atoms with Gasteiger partial charge in [0, 0.05) is 11.1 Å². The van der Waals surface area contributed by atoms with E-state index in [4.69, 9.17) is 9.47 Å². The van der Waals surface area contributed by atoms with Crippen molar-refractivity contribution in [1.82, 2.24) is 0 Å². The number of carbonyl (C=O) groups excluding carboxylic acids is 2. The Morgan fingerprint density at radius 2 is 1.70 bits per heavy atom. The molecule has 0 unspecified atom stereocenters. The first-order valence-corrected chi connectivity index (χ1v) is 9.52. The Labute approximate surface area is 174 Å². The first kappa shape index (κ1) is 19.5. The van der Waals surface area contributed by atoms with Crippen LogP contribution in [0.1, 0.15) is 12.5 Å². The van der Waals surface area contributed by atoms with Crippen LogP contribution in [-0.4, -0.2) is 26.1 Å². The third-order valence-electron chi connectivity index (χ3n) is 5.20. The van der Waals surface area contributed by atoms with E-state index in [0.29, 0.717) is 17.0 Å². The molecule has 1 amide bonds. The quantitative estimate of drug-likeness (QED) is 0.470. The highest BCUT2D eigenvalue weighted by Crippen LogP contribution is 2.38. The Kier molecular flexibility index (Phi) is 5.11. The minimum Gasteiger partial charge on any atom is -0.497 e. The van der Waals surface area contributed by atoms with E-state index in [1.807, 2.05) is 66.7 Å². The highest BCUT2D eigenvalue weighted by molar-refractivity contribution is 6.25. The number of esters is 1. The fourth-order valence-corrected chi connectivity index (χ4v) is 3.77. The summed E-state index contributed by atoms with van der Waals surface area (Å²) in [6, 6.07) is 20.9. The predicted molar refractivity (Wildman–Crippen MR) is 117 cm³/mol. The zero-order chi connectivity index (χ0) is 21.3. The fraction of sp³-hybridized carbons (Fsp3) is 0.120. The van der Waals surface area contributed by atoms with Gasteiger partial charge < -0.3 is 9.47 Å². The summed E-state index contributed by atoms with van der Waals surface area (Å²) in [7, 11) is 2.90. The topological polar surface area (TPSA) is 55.8 Å². The van der Waals surface area contributed by atoms with Crippen LogP contribution < -0.4 is 9.64 Å². The van der Waals surface area contributed by atoms with Crippen molar-refractivity contribution >= 4 is 34.4 Å². The Balaban J connectivity index is 1.90. The predicted octanol–water partition coefficient (Wildman–Crippen LogP) is 4.73. The van der Waals surface area contributed by atoms with Gasteiger partial charge in [-0.05, 0) is 42.1 Å². The molecule has 5 nitrogen and oxygen atoms in total. The van der Waals surface area contributed by atoms with Crippen LogP contribution >= 0.6 is 0 Å². The Morgan fingerprint density at radius 3 is 2.47 bits per heavy atom. The summed E-state index contributed by atoms with van der Waals surface area (Å²) >= 11 is 0.